The number of aromatic nitrogens is 1. The third kappa shape index (κ3) is 3.56. The van der Waals surface area contributed by atoms with Gasteiger partial charge >= 0.3 is 0 Å². The van der Waals surface area contributed by atoms with E-state index in [4.69, 9.17) is 4.74 Å². The normalized spacial score (nSPS) is 12.5. The van der Waals surface area contributed by atoms with E-state index in [9.17, 15) is 5.11 Å². The van der Waals surface area contributed by atoms with Crippen LogP contribution >= 0.6 is 11.3 Å². The number of rotatable bonds is 2. The van der Waals surface area contributed by atoms with Crippen LogP contribution in [0, 0.1) is 0 Å². The first kappa shape index (κ1) is 15.8. The summed E-state index contributed by atoms with van der Waals surface area (Å²) in [6, 6.07) is 3.82. The smallest absolute Gasteiger partial charge is 0.278 e. The fourth-order valence-corrected chi connectivity index (χ4v) is 2.68. The fraction of sp³-hybridized carbons (Fsp3) is 0.471. The van der Waals surface area contributed by atoms with Crippen LogP contribution < -0.4 is 4.74 Å². The summed E-state index contributed by atoms with van der Waals surface area (Å²) < 4.78 is 5.84. The first-order chi connectivity index (χ1) is 9.59. The highest BCUT2D eigenvalue weighted by molar-refractivity contribution is 7.11. The average molecular weight is 305 g/mol. The molecule has 0 amide bonds. The van der Waals surface area contributed by atoms with E-state index in [0.29, 0.717) is 10.9 Å². The van der Waals surface area contributed by atoms with E-state index in [1.165, 1.54) is 11.3 Å². The van der Waals surface area contributed by atoms with Crippen molar-refractivity contribution in [1.29, 1.82) is 0 Å². The first-order valence-electron chi connectivity index (χ1n) is 7.04. The predicted octanol–water partition coefficient (Wildman–Crippen LogP) is 5.24. The second-order valence-electron chi connectivity index (χ2n) is 7.27. The summed E-state index contributed by atoms with van der Waals surface area (Å²) in [5.41, 5.74) is 1.46. The van der Waals surface area contributed by atoms with Crippen molar-refractivity contribution in [1.82, 2.24) is 4.98 Å². The van der Waals surface area contributed by atoms with Crippen molar-refractivity contribution in [2.75, 3.05) is 0 Å². The van der Waals surface area contributed by atoms with Gasteiger partial charge in [0.1, 0.15) is 11.5 Å². The van der Waals surface area contributed by atoms with Crippen molar-refractivity contribution < 1.29 is 9.84 Å². The molecule has 1 aromatic heterocycles. The van der Waals surface area contributed by atoms with Gasteiger partial charge < -0.3 is 9.84 Å². The van der Waals surface area contributed by atoms with Crippen LogP contribution in [-0.4, -0.2) is 10.1 Å². The Kier molecular flexibility index (Phi) is 4.02. The van der Waals surface area contributed by atoms with Gasteiger partial charge in [0.2, 0.25) is 0 Å². The SMILES string of the molecule is CC(C)(C)c1cc(Oc2nccs2)cc(C(C)(C)C)c1O. The van der Waals surface area contributed by atoms with Crippen LogP contribution in [0.3, 0.4) is 0 Å². The van der Waals surface area contributed by atoms with Crippen LogP contribution in [0.25, 0.3) is 0 Å². The number of thiazole rings is 1. The summed E-state index contributed by atoms with van der Waals surface area (Å²) in [4.78, 5) is 4.15. The summed E-state index contributed by atoms with van der Waals surface area (Å²) in [5, 5.41) is 13.1. The van der Waals surface area contributed by atoms with E-state index in [0.717, 1.165) is 16.9 Å². The number of ether oxygens (including phenoxy) is 1. The number of phenols is 1. The van der Waals surface area contributed by atoms with E-state index < -0.39 is 0 Å². The number of aromatic hydroxyl groups is 1. The standard InChI is InChI=1S/C17H23NO2S/c1-16(2,3)12-9-11(20-15-18-7-8-21-15)10-13(14(12)19)17(4,5)6/h7-10,19H,1-6H3. The quantitative estimate of drug-likeness (QED) is 0.825. The summed E-state index contributed by atoms with van der Waals surface area (Å²) in [7, 11) is 0. The van der Waals surface area contributed by atoms with Crippen LogP contribution in [0.4, 0.5) is 0 Å². The molecule has 2 rings (SSSR count). The minimum Gasteiger partial charge on any atom is -0.507 e. The Morgan fingerprint density at radius 3 is 1.90 bits per heavy atom. The molecule has 0 saturated carbocycles. The molecule has 114 valence electrons. The molecule has 0 aliphatic heterocycles. The zero-order valence-electron chi connectivity index (χ0n) is 13.5. The molecular weight excluding hydrogens is 282 g/mol. The monoisotopic (exact) mass is 305 g/mol. The Labute approximate surface area is 130 Å². The lowest BCUT2D eigenvalue weighted by Gasteiger charge is -2.27. The van der Waals surface area contributed by atoms with E-state index in [1.54, 1.807) is 6.20 Å². The molecule has 2 aromatic rings. The molecule has 0 unspecified atom stereocenters. The summed E-state index contributed by atoms with van der Waals surface area (Å²) in [6.45, 7) is 12.5. The van der Waals surface area contributed by atoms with Gasteiger partial charge in [0.05, 0.1) is 0 Å². The minimum atomic E-state index is -0.160. The Hall–Kier alpha value is -1.55. The van der Waals surface area contributed by atoms with Gasteiger partial charge in [0.15, 0.2) is 0 Å². The lowest BCUT2D eigenvalue weighted by atomic mass is 9.79. The molecule has 21 heavy (non-hydrogen) atoms. The molecule has 0 spiro atoms. The van der Waals surface area contributed by atoms with E-state index in [-0.39, 0.29) is 10.8 Å². The second kappa shape index (κ2) is 5.34. The van der Waals surface area contributed by atoms with Gasteiger partial charge in [-0.15, -0.1) is 0 Å². The van der Waals surface area contributed by atoms with Crippen molar-refractivity contribution in [3.8, 4) is 16.7 Å². The molecule has 0 aliphatic rings. The van der Waals surface area contributed by atoms with Crippen LogP contribution in [0.15, 0.2) is 23.7 Å². The fourth-order valence-electron chi connectivity index (χ4n) is 2.17. The molecule has 0 atom stereocenters. The van der Waals surface area contributed by atoms with Crippen molar-refractivity contribution in [2.24, 2.45) is 0 Å². The minimum absolute atomic E-state index is 0.160. The molecule has 1 heterocycles. The molecular formula is C17H23NO2S. The van der Waals surface area contributed by atoms with E-state index in [1.807, 2.05) is 17.5 Å². The summed E-state index contributed by atoms with van der Waals surface area (Å²) >= 11 is 1.45. The Bertz CT molecular complexity index is 584. The zero-order chi connectivity index (χ0) is 15.8. The van der Waals surface area contributed by atoms with Crippen LogP contribution in [0.2, 0.25) is 0 Å². The molecule has 0 fully saturated rings. The maximum absolute atomic E-state index is 10.6. The molecule has 1 aromatic carbocycles. The Morgan fingerprint density at radius 2 is 1.52 bits per heavy atom. The van der Waals surface area contributed by atoms with Gasteiger partial charge in [-0.2, -0.15) is 0 Å². The third-order valence-corrected chi connectivity index (χ3v) is 3.96. The first-order valence-corrected chi connectivity index (χ1v) is 7.92. The topological polar surface area (TPSA) is 42.4 Å². The van der Waals surface area contributed by atoms with E-state index in [2.05, 4.69) is 46.5 Å². The summed E-state index contributed by atoms with van der Waals surface area (Å²) in [5.74, 6) is 1.08. The molecule has 3 nitrogen and oxygen atoms in total. The van der Waals surface area contributed by atoms with Crippen molar-refractivity contribution in [3.05, 3.63) is 34.8 Å². The highest BCUT2D eigenvalue weighted by Gasteiger charge is 2.27. The number of nitrogens with zero attached hydrogens (tertiary/aromatic N) is 1. The Balaban J connectivity index is 2.56. The van der Waals surface area contributed by atoms with Gasteiger partial charge in [0, 0.05) is 22.7 Å². The largest absolute Gasteiger partial charge is 0.507 e. The lowest BCUT2D eigenvalue weighted by molar-refractivity contribution is 0.414. The maximum atomic E-state index is 10.6. The van der Waals surface area contributed by atoms with Gasteiger partial charge in [-0.05, 0) is 23.0 Å². The second-order valence-corrected chi connectivity index (χ2v) is 8.12. The molecule has 1 N–H and O–H groups in total. The third-order valence-electron chi connectivity index (χ3n) is 3.31. The predicted molar refractivity (Wildman–Crippen MR) is 87.7 cm³/mol. The zero-order valence-corrected chi connectivity index (χ0v) is 14.3. The van der Waals surface area contributed by atoms with Crippen LogP contribution in [0.5, 0.6) is 16.7 Å². The van der Waals surface area contributed by atoms with E-state index >= 15 is 0 Å². The van der Waals surface area contributed by atoms with Crippen molar-refractivity contribution in [2.45, 2.75) is 52.4 Å². The molecule has 0 radical (unpaired) electrons. The molecule has 0 bridgehead atoms. The number of hydrogen-bond donors (Lipinski definition) is 1. The van der Waals surface area contributed by atoms with Gasteiger partial charge in [-0.25, -0.2) is 4.98 Å². The van der Waals surface area contributed by atoms with Crippen molar-refractivity contribution >= 4 is 11.3 Å². The molecule has 4 heteroatoms. The lowest BCUT2D eigenvalue weighted by Crippen LogP contribution is -2.17. The van der Waals surface area contributed by atoms with Crippen LogP contribution in [-0.2, 0) is 10.8 Å². The molecule has 0 aliphatic carbocycles. The Morgan fingerprint density at radius 1 is 1.00 bits per heavy atom. The highest BCUT2D eigenvalue weighted by Crippen LogP contribution is 2.42. The highest BCUT2D eigenvalue weighted by atomic mass is 32.1. The number of phenolic OH excluding ortho intramolecular Hbond substituents is 1. The molecule has 0 saturated heterocycles. The van der Waals surface area contributed by atoms with Crippen LogP contribution in [0.1, 0.15) is 52.7 Å². The van der Waals surface area contributed by atoms with Gasteiger partial charge in [-0.1, -0.05) is 52.9 Å². The van der Waals surface area contributed by atoms with Gasteiger partial charge in [-0.3, -0.25) is 0 Å². The van der Waals surface area contributed by atoms with Gasteiger partial charge in [0.25, 0.3) is 5.19 Å². The summed E-state index contributed by atoms with van der Waals surface area (Å²) in [6.07, 6.45) is 1.72. The average Bonchev–Trinajstić information content (AvgIpc) is 2.81. The maximum Gasteiger partial charge on any atom is 0.278 e. The number of hydrogen-bond acceptors (Lipinski definition) is 4. The van der Waals surface area contributed by atoms with Crippen molar-refractivity contribution in [3.63, 3.8) is 0 Å². The number of benzene rings is 1.